The third-order valence-corrected chi connectivity index (χ3v) is 3.46. The molecule has 0 radical (unpaired) electrons. The van der Waals surface area contributed by atoms with Crippen LogP contribution in [0.4, 0.5) is 0 Å². The molecule has 1 N–H and O–H groups in total. The molecule has 1 aliphatic rings. The first kappa shape index (κ1) is 12.7. The molecule has 1 aliphatic carbocycles. The fourth-order valence-corrected chi connectivity index (χ4v) is 2.12. The van der Waals surface area contributed by atoms with E-state index in [1.54, 1.807) is 7.11 Å². The van der Waals surface area contributed by atoms with Crippen molar-refractivity contribution in [3.8, 4) is 16.9 Å². The van der Waals surface area contributed by atoms with Crippen LogP contribution in [0.15, 0.2) is 48.5 Å². The molecule has 2 aromatic carbocycles. The zero-order valence-electron chi connectivity index (χ0n) is 11.4. The van der Waals surface area contributed by atoms with Gasteiger partial charge in [0.2, 0.25) is 0 Å². The molecule has 3 nitrogen and oxygen atoms in total. The van der Waals surface area contributed by atoms with Crippen molar-refractivity contribution in [2.24, 2.45) is 0 Å². The summed E-state index contributed by atoms with van der Waals surface area (Å²) in [5.41, 5.74) is 2.83. The van der Waals surface area contributed by atoms with Crippen LogP contribution in [0, 0.1) is 0 Å². The Bertz CT molecular complexity index is 615. The minimum absolute atomic E-state index is 0.0165. The van der Waals surface area contributed by atoms with Gasteiger partial charge in [-0.2, -0.15) is 0 Å². The van der Waals surface area contributed by atoms with Crippen LogP contribution in [0.1, 0.15) is 23.2 Å². The predicted molar refractivity (Wildman–Crippen MR) is 78.9 cm³/mol. The summed E-state index contributed by atoms with van der Waals surface area (Å²) in [6.45, 7) is 0. The predicted octanol–water partition coefficient (Wildman–Crippen LogP) is 3.25. The van der Waals surface area contributed by atoms with Crippen molar-refractivity contribution in [2.45, 2.75) is 18.9 Å². The van der Waals surface area contributed by atoms with Crippen LogP contribution in [0.2, 0.25) is 0 Å². The molecule has 0 atom stereocenters. The van der Waals surface area contributed by atoms with Crippen LogP contribution < -0.4 is 10.1 Å². The van der Waals surface area contributed by atoms with Crippen LogP contribution >= 0.6 is 0 Å². The molecule has 102 valence electrons. The third kappa shape index (κ3) is 2.82. The number of hydrogen-bond donors (Lipinski definition) is 1. The lowest BCUT2D eigenvalue weighted by Crippen LogP contribution is -2.25. The van der Waals surface area contributed by atoms with Crippen molar-refractivity contribution >= 4 is 5.91 Å². The SMILES string of the molecule is COc1ccc(-c2cccc(C(=O)NC3CC3)c2)cc1. The average Bonchev–Trinajstić information content (AvgIpc) is 3.31. The van der Waals surface area contributed by atoms with Gasteiger partial charge in [-0.15, -0.1) is 0 Å². The third-order valence-electron chi connectivity index (χ3n) is 3.46. The highest BCUT2D eigenvalue weighted by molar-refractivity contribution is 5.95. The van der Waals surface area contributed by atoms with Gasteiger partial charge in [-0.25, -0.2) is 0 Å². The van der Waals surface area contributed by atoms with Gasteiger partial charge >= 0.3 is 0 Å². The Morgan fingerprint density at radius 2 is 1.85 bits per heavy atom. The highest BCUT2D eigenvalue weighted by Crippen LogP contribution is 2.24. The maximum Gasteiger partial charge on any atom is 0.251 e. The fraction of sp³-hybridized carbons (Fsp3) is 0.235. The molecule has 0 spiro atoms. The van der Waals surface area contributed by atoms with Gasteiger partial charge in [-0.1, -0.05) is 24.3 Å². The summed E-state index contributed by atoms with van der Waals surface area (Å²) in [5.74, 6) is 0.847. The molecule has 1 fully saturated rings. The fourth-order valence-electron chi connectivity index (χ4n) is 2.12. The van der Waals surface area contributed by atoms with E-state index in [0.717, 1.165) is 29.7 Å². The number of hydrogen-bond acceptors (Lipinski definition) is 2. The lowest BCUT2D eigenvalue weighted by molar-refractivity contribution is 0.0951. The van der Waals surface area contributed by atoms with Crippen LogP contribution in [0.3, 0.4) is 0 Å². The Labute approximate surface area is 118 Å². The van der Waals surface area contributed by atoms with E-state index in [2.05, 4.69) is 5.32 Å². The van der Waals surface area contributed by atoms with Crippen molar-refractivity contribution in [1.29, 1.82) is 0 Å². The van der Waals surface area contributed by atoms with Crippen molar-refractivity contribution in [3.63, 3.8) is 0 Å². The van der Waals surface area contributed by atoms with Gasteiger partial charge in [-0.05, 0) is 48.2 Å². The summed E-state index contributed by atoms with van der Waals surface area (Å²) in [7, 11) is 1.65. The molecule has 0 heterocycles. The molecule has 0 bridgehead atoms. The molecular weight excluding hydrogens is 250 g/mol. The van der Waals surface area contributed by atoms with Gasteiger partial charge in [-0.3, -0.25) is 4.79 Å². The van der Waals surface area contributed by atoms with E-state index in [0.29, 0.717) is 11.6 Å². The first-order valence-electron chi connectivity index (χ1n) is 6.81. The standard InChI is InChI=1S/C17H17NO2/c1-20-16-9-5-12(6-10-16)13-3-2-4-14(11-13)17(19)18-15-7-8-15/h2-6,9-11,15H,7-8H2,1H3,(H,18,19). The summed E-state index contributed by atoms with van der Waals surface area (Å²) in [5, 5.41) is 3.01. The van der Waals surface area contributed by atoms with E-state index >= 15 is 0 Å². The number of nitrogens with one attached hydrogen (secondary N) is 1. The molecule has 2 aromatic rings. The number of carbonyl (C=O) groups excluding carboxylic acids is 1. The maximum atomic E-state index is 12.0. The van der Waals surface area contributed by atoms with Crippen LogP contribution in [-0.4, -0.2) is 19.1 Å². The zero-order valence-corrected chi connectivity index (χ0v) is 11.4. The molecule has 1 saturated carbocycles. The maximum absolute atomic E-state index is 12.0. The molecular formula is C17H17NO2. The Balaban J connectivity index is 1.83. The molecule has 0 saturated heterocycles. The van der Waals surface area contributed by atoms with Crippen molar-refractivity contribution < 1.29 is 9.53 Å². The number of benzene rings is 2. The van der Waals surface area contributed by atoms with Crippen molar-refractivity contribution in [1.82, 2.24) is 5.32 Å². The highest BCUT2D eigenvalue weighted by Gasteiger charge is 2.23. The number of methoxy groups -OCH3 is 1. The lowest BCUT2D eigenvalue weighted by atomic mass is 10.0. The van der Waals surface area contributed by atoms with Crippen LogP contribution in [0.5, 0.6) is 5.75 Å². The number of rotatable bonds is 4. The Hall–Kier alpha value is -2.29. The number of ether oxygens (including phenoxy) is 1. The second-order valence-corrected chi connectivity index (χ2v) is 5.06. The van der Waals surface area contributed by atoms with E-state index in [4.69, 9.17) is 4.74 Å². The molecule has 0 aromatic heterocycles. The van der Waals surface area contributed by atoms with Gasteiger partial charge < -0.3 is 10.1 Å². The van der Waals surface area contributed by atoms with E-state index in [9.17, 15) is 4.79 Å². The summed E-state index contributed by atoms with van der Waals surface area (Å²) in [6, 6.07) is 15.9. The zero-order chi connectivity index (χ0) is 13.9. The van der Waals surface area contributed by atoms with Crippen LogP contribution in [0.25, 0.3) is 11.1 Å². The van der Waals surface area contributed by atoms with E-state index in [-0.39, 0.29) is 5.91 Å². The quantitative estimate of drug-likeness (QED) is 0.923. The molecule has 0 unspecified atom stereocenters. The molecule has 3 heteroatoms. The minimum Gasteiger partial charge on any atom is -0.497 e. The summed E-state index contributed by atoms with van der Waals surface area (Å²) in [6.07, 6.45) is 2.20. The highest BCUT2D eigenvalue weighted by atomic mass is 16.5. The van der Waals surface area contributed by atoms with Crippen molar-refractivity contribution in [3.05, 3.63) is 54.1 Å². The van der Waals surface area contributed by atoms with Gasteiger partial charge in [0.05, 0.1) is 7.11 Å². The summed E-state index contributed by atoms with van der Waals surface area (Å²) < 4.78 is 5.15. The van der Waals surface area contributed by atoms with Gasteiger partial charge in [0, 0.05) is 11.6 Å². The van der Waals surface area contributed by atoms with Gasteiger partial charge in [0.15, 0.2) is 0 Å². The second-order valence-electron chi connectivity index (χ2n) is 5.06. The Kier molecular flexibility index (Phi) is 3.42. The smallest absolute Gasteiger partial charge is 0.251 e. The van der Waals surface area contributed by atoms with E-state index in [1.165, 1.54) is 0 Å². The average molecular weight is 267 g/mol. The Morgan fingerprint density at radius 1 is 1.10 bits per heavy atom. The lowest BCUT2D eigenvalue weighted by Gasteiger charge is -2.07. The minimum atomic E-state index is 0.0165. The normalized spacial score (nSPS) is 13.8. The molecule has 3 rings (SSSR count). The molecule has 0 aliphatic heterocycles. The largest absolute Gasteiger partial charge is 0.497 e. The topological polar surface area (TPSA) is 38.3 Å². The Morgan fingerprint density at radius 3 is 2.50 bits per heavy atom. The first-order valence-corrected chi connectivity index (χ1v) is 6.81. The van der Waals surface area contributed by atoms with Gasteiger partial charge in [0.1, 0.15) is 5.75 Å². The van der Waals surface area contributed by atoms with E-state index in [1.807, 2.05) is 48.5 Å². The monoisotopic (exact) mass is 267 g/mol. The van der Waals surface area contributed by atoms with Crippen LogP contribution in [-0.2, 0) is 0 Å². The number of carbonyl (C=O) groups is 1. The summed E-state index contributed by atoms with van der Waals surface area (Å²) in [4.78, 5) is 12.0. The number of amides is 1. The first-order chi connectivity index (χ1) is 9.76. The molecule has 20 heavy (non-hydrogen) atoms. The van der Waals surface area contributed by atoms with Crippen molar-refractivity contribution in [2.75, 3.05) is 7.11 Å². The van der Waals surface area contributed by atoms with Gasteiger partial charge in [0.25, 0.3) is 5.91 Å². The summed E-state index contributed by atoms with van der Waals surface area (Å²) >= 11 is 0. The van der Waals surface area contributed by atoms with E-state index < -0.39 is 0 Å². The second kappa shape index (κ2) is 5.37. The molecule has 1 amide bonds.